The average Bonchev–Trinajstić information content (AvgIpc) is 2.22. The van der Waals surface area contributed by atoms with E-state index in [0.29, 0.717) is 6.54 Å². The van der Waals surface area contributed by atoms with Crippen LogP contribution in [0.4, 0.5) is 0 Å². The van der Waals surface area contributed by atoms with Crippen molar-refractivity contribution in [2.75, 3.05) is 26.2 Å². The van der Waals surface area contributed by atoms with E-state index in [1.165, 1.54) is 0 Å². The third kappa shape index (κ3) is 9.65. The average molecular weight is 288 g/mol. The molecule has 17 heavy (non-hydrogen) atoms. The molecule has 0 aromatic heterocycles. The van der Waals surface area contributed by atoms with E-state index < -0.39 is 0 Å². The molecule has 0 saturated carbocycles. The molecule has 0 heterocycles. The molecule has 106 valence electrons. The van der Waals surface area contributed by atoms with Crippen LogP contribution in [0.1, 0.15) is 27.7 Å². The lowest BCUT2D eigenvalue weighted by Crippen LogP contribution is -2.41. The van der Waals surface area contributed by atoms with Crippen molar-refractivity contribution < 1.29 is 4.79 Å². The molecule has 3 N–H and O–H groups in total. The van der Waals surface area contributed by atoms with Gasteiger partial charge in [-0.25, -0.2) is 0 Å². The van der Waals surface area contributed by atoms with Gasteiger partial charge in [0.15, 0.2) is 0 Å². The third-order valence-electron chi connectivity index (χ3n) is 2.82. The smallest absolute Gasteiger partial charge is 0.224 e. The van der Waals surface area contributed by atoms with E-state index in [0.717, 1.165) is 19.6 Å². The Bertz CT molecular complexity index is 188. The summed E-state index contributed by atoms with van der Waals surface area (Å²) in [5, 5.41) is 2.90. The van der Waals surface area contributed by atoms with Crippen LogP contribution in [0.25, 0.3) is 0 Å². The molecule has 2 atom stereocenters. The SMILES string of the molecule is CCN(CC)CCNC(=O)C(C)C(C)N.Cl.Cl. The minimum Gasteiger partial charge on any atom is -0.355 e. The van der Waals surface area contributed by atoms with Gasteiger partial charge in [-0.3, -0.25) is 4.79 Å². The molecule has 0 rings (SSSR count). The van der Waals surface area contributed by atoms with Crippen molar-refractivity contribution in [3.8, 4) is 0 Å². The Morgan fingerprint density at radius 2 is 1.71 bits per heavy atom. The topological polar surface area (TPSA) is 58.4 Å². The van der Waals surface area contributed by atoms with Gasteiger partial charge < -0.3 is 16.0 Å². The Morgan fingerprint density at radius 3 is 2.06 bits per heavy atom. The molecule has 0 aliphatic rings. The van der Waals surface area contributed by atoms with Gasteiger partial charge in [-0.15, -0.1) is 24.8 Å². The van der Waals surface area contributed by atoms with Gasteiger partial charge in [-0.2, -0.15) is 0 Å². The van der Waals surface area contributed by atoms with E-state index in [4.69, 9.17) is 5.73 Å². The monoisotopic (exact) mass is 287 g/mol. The van der Waals surface area contributed by atoms with Gasteiger partial charge in [-0.05, 0) is 20.0 Å². The summed E-state index contributed by atoms with van der Waals surface area (Å²) in [6.45, 7) is 11.6. The van der Waals surface area contributed by atoms with E-state index in [9.17, 15) is 4.79 Å². The first-order valence-corrected chi connectivity index (χ1v) is 5.78. The molecule has 2 unspecified atom stereocenters. The number of hydrogen-bond donors (Lipinski definition) is 2. The highest BCUT2D eigenvalue weighted by Gasteiger charge is 2.16. The zero-order valence-corrected chi connectivity index (χ0v) is 12.9. The van der Waals surface area contributed by atoms with Crippen molar-refractivity contribution in [3.05, 3.63) is 0 Å². The second kappa shape index (κ2) is 12.4. The van der Waals surface area contributed by atoms with E-state index in [2.05, 4.69) is 24.1 Å². The van der Waals surface area contributed by atoms with Crippen LogP contribution >= 0.6 is 24.8 Å². The van der Waals surface area contributed by atoms with Crippen LogP contribution in [-0.4, -0.2) is 43.0 Å². The molecule has 4 nitrogen and oxygen atoms in total. The number of halogens is 2. The van der Waals surface area contributed by atoms with Crippen molar-refractivity contribution in [1.82, 2.24) is 10.2 Å². The summed E-state index contributed by atoms with van der Waals surface area (Å²) < 4.78 is 0. The molecule has 0 aliphatic carbocycles. The fourth-order valence-electron chi connectivity index (χ4n) is 1.28. The van der Waals surface area contributed by atoms with Crippen LogP contribution in [0.15, 0.2) is 0 Å². The van der Waals surface area contributed by atoms with Crippen molar-refractivity contribution in [2.24, 2.45) is 11.7 Å². The van der Waals surface area contributed by atoms with Gasteiger partial charge in [0.2, 0.25) is 5.91 Å². The highest BCUT2D eigenvalue weighted by molar-refractivity contribution is 5.85. The number of amides is 1. The number of rotatable bonds is 7. The quantitative estimate of drug-likeness (QED) is 0.742. The lowest BCUT2D eigenvalue weighted by molar-refractivity contribution is -0.124. The Morgan fingerprint density at radius 1 is 1.24 bits per heavy atom. The highest BCUT2D eigenvalue weighted by atomic mass is 35.5. The lowest BCUT2D eigenvalue weighted by Gasteiger charge is -2.20. The van der Waals surface area contributed by atoms with Crippen molar-refractivity contribution >= 4 is 30.7 Å². The number of likely N-dealkylation sites (N-methyl/N-ethyl adjacent to an activating group) is 1. The zero-order chi connectivity index (χ0) is 11.8. The normalized spacial score (nSPS) is 13.3. The molecule has 0 spiro atoms. The number of carbonyl (C=O) groups excluding carboxylic acids is 1. The number of nitrogens with one attached hydrogen (secondary N) is 1. The molecule has 1 amide bonds. The summed E-state index contributed by atoms with van der Waals surface area (Å²) in [6.07, 6.45) is 0. The Hall–Kier alpha value is -0.0300. The molecule has 6 heteroatoms. The molecule has 0 aromatic carbocycles. The maximum Gasteiger partial charge on any atom is 0.224 e. The molecule has 0 saturated heterocycles. The minimum atomic E-state index is -0.110. The number of nitrogens with zero attached hydrogens (tertiary/aromatic N) is 1. The van der Waals surface area contributed by atoms with Crippen molar-refractivity contribution in [2.45, 2.75) is 33.7 Å². The van der Waals surface area contributed by atoms with Gasteiger partial charge in [-0.1, -0.05) is 20.8 Å². The third-order valence-corrected chi connectivity index (χ3v) is 2.82. The van der Waals surface area contributed by atoms with Gasteiger partial charge in [0.05, 0.1) is 0 Å². The zero-order valence-electron chi connectivity index (χ0n) is 11.2. The predicted octanol–water partition coefficient (Wildman–Crippen LogP) is 1.27. The first kappa shape index (κ1) is 22.2. The maximum absolute atomic E-state index is 11.5. The fourth-order valence-corrected chi connectivity index (χ4v) is 1.28. The highest BCUT2D eigenvalue weighted by Crippen LogP contribution is 1.98. The molecular weight excluding hydrogens is 261 g/mol. The van der Waals surface area contributed by atoms with Crippen LogP contribution in [0, 0.1) is 5.92 Å². The van der Waals surface area contributed by atoms with Crippen LogP contribution in [0.2, 0.25) is 0 Å². The summed E-state index contributed by atoms with van der Waals surface area (Å²) in [5.41, 5.74) is 5.65. The molecule has 0 aliphatic heterocycles. The Labute approximate surface area is 118 Å². The molecule has 0 aromatic rings. The largest absolute Gasteiger partial charge is 0.355 e. The first-order chi connectivity index (χ1) is 7.02. The van der Waals surface area contributed by atoms with Crippen LogP contribution in [0.3, 0.4) is 0 Å². The lowest BCUT2D eigenvalue weighted by atomic mass is 10.0. The Kier molecular flexibility index (Phi) is 16.2. The summed E-state index contributed by atoms with van der Waals surface area (Å²) >= 11 is 0. The van der Waals surface area contributed by atoms with Gasteiger partial charge >= 0.3 is 0 Å². The molecule has 0 bridgehead atoms. The van der Waals surface area contributed by atoms with E-state index in [1.807, 2.05) is 13.8 Å². The number of hydrogen-bond acceptors (Lipinski definition) is 3. The van der Waals surface area contributed by atoms with E-state index in [1.54, 1.807) is 0 Å². The Balaban J connectivity index is -0.000000980. The van der Waals surface area contributed by atoms with E-state index in [-0.39, 0.29) is 42.7 Å². The first-order valence-electron chi connectivity index (χ1n) is 5.78. The van der Waals surface area contributed by atoms with Gasteiger partial charge in [0, 0.05) is 25.0 Å². The van der Waals surface area contributed by atoms with Crippen LogP contribution in [0.5, 0.6) is 0 Å². The maximum atomic E-state index is 11.5. The second-order valence-corrected chi connectivity index (χ2v) is 3.97. The summed E-state index contributed by atoms with van der Waals surface area (Å²) in [7, 11) is 0. The van der Waals surface area contributed by atoms with Crippen molar-refractivity contribution in [3.63, 3.8) is 0 Å². The van der Waals surface area contributed by atoms with Gasteiger partial charge in [0.1, 0.15) is 0 Å². The summed E-state index contributed by atoms with van der Waals surface area (Å²) in [5.74, 6) is -0.0566. The number of carbonyl (C=O) groups is 1. The van der Waals surface area contributed by atoms with Gasteiger partial charge in [0.25, 0.3) is 0 Å². The second-order valence-electron chi connectivity index (χ2n) is 3.97. The number of nitrogens with two attached hydrogens (primary N) is 1. The van der Waals surface area contributed by atoms with E-state index >= 15 is 0 Å². The van der Waals surface area contributed by atoms with Crippen LogP contribution < -0.4 is 11.1 Å². The predicted molar refractivity (Wildman–Crippen MR) is 78.1 cm³/mol. The fraction of sp³-hybridized carbons (Fsp3) is 0.909. The minimum absolute atomic E-state index is 0. The molecule has 0 fully saturated rings. The standard InChI is InChI=1S/C11H25N3O.2ClH/c1-5-14(6-2)8-7-13-11(15)9(3)10(4)12;;/h9-10H,5-8,12H2,1-4H3,(H,13,15);2*1H. The summed E-state index contributed by atoms with van der Waals surface area (Å²) in [4.78, 5) is 13.8. The molecular formula is C11H27Cl2N3O. The van der Waals surface area contributed by atoms with Crippen LogP contribution in [-0.2, 0) is 4.79 Å². The summed E-state index contributed by atoms with van der Waals surface area (Å²) in [6, 6.07) is -0.0848. The van der Waals surface area contributed by atoms with Crippen molar-refractivity contribution in [1.29, 1.82) is 0 Å². The molecule has 0 radical (unpaired) electrons.